The topological polar surface area (TPSA) is 92.9 Å². The molecule has 0 bridgehead atoms. The molecule has 0 saturated carbocycles. The summed E-state index contributed by atoms with van der Waals surface area (Å²) >= 11 is 0. The maximum Gasteiger partial charge on any atom is 0.414 e. The summed E-state index contributed by atoms with van der Waals surface area (Å²) in [4.78, 5) is 15.7. The van der Waals surface area contributed by atoms with Gasteiger partial charge in [-0.2, -0.15) is 0 Å². The van der Waals surface area contributed by atoms with Crippen LogP contribution < -0.4 is 9.80 Å². The van der Waals surface area contributed by atoms with Crippen molar-refractivity contribution in [3.8, 4) is 0 Å². The molecule has 1 amide bonds. The third-order valence-electron chi connectivity index (χ3n) is 5.04. The Hall–Kier alpha value is -2.72. The maximum absolute atomic E-state index is 14.7. The average molecular weight is 405 g/mol. The Morgan fingerprint density at radius 3 is 2.86 bits per heavy atom. The molecule has 1 atom stereocenters. The van der Waals surface area contributed by atoms with Crippen LogP contribution in [0.15, 0.2) is 24.4 Å². The monoisotopic (exact) mass is 405 g/mol. The molecule has 2 aliphatic rings. The molecule has 0 aliphatic carbocycles. The van der Waals surface area contributed by atoms with Crippen LogP contribution in [0.2, 0.25) is 0 Å². The maximum atomic E-state index is 14.7. The van der Waals surface area contributed by atoms with Gasteiger partial charge in [0.1, 0.15) is 11.9 Å². The molecule has 10 heteroatoms. The van der Waals surface area contributed by atoms with Crippen LogP contribution in [0.25, 0.3) is 0 Å². The van der Waals surface area contributed by atoms with Gasteiger partial charge in [0.25, 0.3) is 0 Å². The lowest BCUT2D eigenvalue weighted by Gasteiger charge is -2.29. The number of aliphatic hydroxyl groups is 1. The van der Waals surface area contributed by atoms with Gasteiger partial charge in [-0.25, -0.2) is 13.9 Å². The molecule has 156 valence electrons. The van der Waals surface area contributed by atoms with Gasteiger partial charge in [0.2, 0.25) is 0 Å². The molecule has 1 aromatic carbocycles. The number of hydrogen-bond acceptors (Lipinski definition) is 7. The molecule has 0 spiro atoms. The average Bonchev–Trinajstić information content (AvgIpc) is 3.33. The second-order valence-electron chi connectivity index (χ2n) is 7.11. The van der Waals surface area contributed by atoms with Gasteiger partial charge in [0.05, 0.1) is 43.4 Å². The molecule has 2 aromatic rings. The number of rotatable bonds is 7. The number of carbonyl (C=O) groups excluding carboxylic acids is 1. The second kappa shape index (κ2) is 8.75. The lowest BCUT2D eigenvalue weighted by molar-refractivity contribution is 0.122. The fourth-order valence-electron chi connectivity index (χ4n) is 3.56. The van der Waals surface area contributed by atoms with E-state index < -0.39 is 12.2 Å². The Morgan fingerprint density at radius 1 is 1.28 bits per heavy atom. The van der Waals surface area contributed by atoms with E-state index in [9.17, 15) is 9.18 Å². The van der Waals surface area contributed by atoms with Gasteiger partial charge >= 0.3 is 6.09 Å². The SMILES string of the molecule is O=C1OC(Cn2cc(CCCO)nn2)CN1c1ccc(N2CCOCC2)c(F)c1. The number of halogens is 1. The number of hydrogen-bond donors (Lipinski definition) is 1. The Kier molecular flexibility index (Phi) is 5.91. The number of aryl methyl sites for hydroxylation is 1. The first-order valence-corrected chi connectivity index (χ1v) is 9.74. The first-order valence-electron chi connectivity index (χ1n) is 9.74. The minimum Gasteiger partial charge on any atom is -0.442 e. The van der Waals surface area contributed by atoms with Crippen LogP contribution in [0.4, 0.5) is 20.6 Å². The van der Waals surface area contributed by atoms with Crippen molar-refractivity contribution in [3.05, 3.63) is 35.9 Å². The minimum absolute atomic E-state index is 0.100. The predicted molar refractivity (Wildman–Crippen MR) is 102 cm³/mol. The predicted octanol–water partition coefficient (Wildman–Crippen LogP) is 1.20. The van der Waals surface area contributed by atoms with Crippen molar-refractivity contribution < 1.29 is 23.8 Å². The molecule has 2 saturated heterocycles. The summed E-state index contributed by atoms with van der Waals surface area (Å²) in [6, 6.07) is 4.80. The van der Waals surface area contributed by atoms with E-state index in [1.807, 2.05) is 4.90 Å². The van der Waals surface area contributed by atoms with Crippen molar-refractivity contribution in [1.29, 1.82) is 0 Å². The molecular weight excluding hydrogens is 381 g/mol. The van der Waals surface area contributed by atoms with E-state index in [2.05, 4.69) is 10.3 Å². The highest BCUT2D eigenvalue weighted by atomic mass is 19.1. The van der Waals surface area contributed by atoms with Crippen molar-refractivity contribution >= 4 is 17.5 Å². The quantitative estimate of drug-likeness (QED) is 0.740. The summed E-state index contributed by atoms with van der Waals surface area (Å²) in [5.74, 6) is -0.370. The highest BCUT2D eigenvalue weighted by Gasteiger charge is 2.33. The Bertz CT molecular complexity index is 855. The van der Waals surface area contributed by atoms with Gasteiger partial charge in [0, 0.05) is 25.9 Å². The van der Waals surface area contributed by atoms with E-state index in [4.69, 9.17) is 14.6 Å². The molecule has 3 heterocycles. The Labute approximate surface area is 167 Å². The third kappa shape index (κ3) is 4.48. The number of carbonyl (C=O) groups is 1. The largest absolute Gasteiger partial charge is 0.442 e. The van der Waals surface area contributed by atoms with Crippen molar-refractivity contribution in [3.63, 3.8) is 0 Å². The third-order valence-corrected chi connectivity index (χ3v) is 5.04. The van der Waals surface area contributed by atoms with Crippen LogP contribution in [-0.4, -0.2) is 71.8 Å². The van der Waals surface area contributed by atoms with Crippen LogP contribution in [0.5, 0.6) is 0 Å². The number of morpholine rings is 1. The standard InChI is InChI=1S/C19H24FN5O4/c20-17-10-15(3-4-18(17)23-5-8-28-9-6-23)25-13-16(29-19(25)27)12-24-11-14(21-22-24)2-1-7-26/h3-4,10-11,16,26H,1-2,5-9,12-13H2. The van der Waals surface area contributed by atoms with E-state index in [-0.39, 0.29) is 12.4 Å². The zero-order valence-corrected chi connectivity index (χ0v) is 16.0. The summed E-state index contributed by atoms with van der Waals surface area (Å²) in [6.45, 7) is 3.20. The zero-order valence-electron chi connectivity index (χ0n) is 16.0. The van der Waals surface area contributed by atoms with E-state index >= 15 is 0 Å². The molecule has 2 aliphatic heterocycles. The van der Waals surface area contributed by atoms with Crippen molar-refractivity contribution in [2.24, 2.45) is 0 Å². The number of benzene rings is 1. The van der Waals surface area contributed by atoms with Crippen LogP contribution in [-0.2, 0) is 22.4 Å². The Balaban J connectivity index is 1.40. The Morgan fingerprint density at radius 2 is 2.10 bits per heavy atom. The number of amides is 1. The van der Waals surface area contributed by atoms with Gasteiger partial charge < -0.3 is 19.5 Å². The van der Waals surface area contributed by atoms with Crippen LogP contribution in [0.3, 0.4) is 0 Å². The fraction of sp³-hybridized carbons (Fsp3) is 0.526. The number of ether oxygens (including phenoxy) is 2. The highest BCUT2D eigenvalue weighted by Crippen LogP contribution is 2.28. The second-order valence-corrected chi connectivity index (χ2v) is 7.11. The van der Waals surface area contributed by atoms with Crippen LogP contribution in [0, 0.1) is 5.82 Å². The number of anilines is 2. The molecule has 29 heavy (non-hydrogen) atoms. The van der Waals surface area contributed by atoms with E-state index in [1.54, 1.807) is 23.0 Å². The molecular formula is C19H24FN5O4. The highest BCUT2D eigenvalue weighted by molar-refractivity contribution is 5.90. The smallest absolute Gasteiger partial charge is 0.414 e. The van der Waals surface area contributed by atoms with E-state index in [0.29, 0.717) is 63.6 Å². The molecule has 0 radical (unpaired) electrons. The lowest BCUT2D eigenvalue weighted by Crippen LogP contribution is -2.36. The molecule has 1 unspecified atom stereocenters. The van der Waals surface area contributed by atoms with E-state index in [1.165, 1.54) is 11.0 Å². The minimum atomic E-state index is -0.505. The van der Waals surface area contributed by atoms with Gasteiger partial charge in [-0.1, -0.05) is 5.21 Å². The van der Waals surface area contributed by atoms with E-state index in [0.717, 1.165) is 5.69 Å². The summed E-state index contributed by atoms with van der Waals surface area (Å²) in [5, 5.41) is 17.0. The number of aromatic nitrogens is 3. The molecule has 2 fully saturated rings. The van der Waals surface area contributed by atoms with Crippen LogP contribution in [0.1, 0.15) is 12.1 Å². The summed E-state index contributed by atoms with van der Waals surface area (Å²) < 4.78 is 27.0. The molecule has 1 aromatic heterocycles. The number of aliphatic hydroxyl groups excluding tert-OH is 1. The van der Waals surface area contributed by atoms with Crippen LogP contribution >= 0.6 is 0 Å². The van der Waals surface area contributed by atoms with Crippen molar-refractivity contribution in [2.75, 3.05) is 49.3 Å². The van der Waals surface area contributed by atoms with Crippen molar-refractivity contribution in [1.82, 2.24) is 15.0 Å². The van der Waals surface area contributed by atoms with Gasteiger partial charge in [-0.3, -0.25) is 4.90 Å². The first kappa shape index (κ1) is 19.6. The normalized spacial score (nSPS) is 19.7. The summed E-state index contributed by atoms with van der Waals surface area (Å²) in [6.07, 6.45) is 2.13. The summed E-state index contributed by atoms with van der Waals surface area (Å²) in [5.41, 5.74) is 1.76. The van der Waals surface area contributed by atoms with Crippen molar-refractivity contribution in [2.45, 2.75) is 25.5 Å². The van der Waals surface area contributed by atoms with Gasteiger partial charge in [-0.05, 0) is 31.0 Å². The molecule has 4 rings (SSSR count). The number of nitrogens with zero attached hydrogens (tertiary/aromatic N) is 5. The fourth-order valence-corrected chi connectivity index (χ4v) is 3.56. The molecule has 1 N–H and O–H groups in total. The molecule has 9 nitrogen and oxygen atoms in total. The zero-order chi connectivity index (χ0) is 20.2. The van der Waals surface area contributed by atoms with Gasteiger partial charge in [0.15, 0.2) is 0 Å². The van der Waals surface area contributed by atoms with Gasteiger partial charge in [-0.15, -0.1) is 5.10 Å². The summed E-state index contributed by atoms with van der Waals surface area (Å²) in [7, 11) is 0. The number of cyclic esters (lactones) is 1. The first-order chi connectivity index (χ1) is 14.1. The lowest BCUT2D eigenvalue weighted by atomic mass is 10.2.